The molecule has 2 aromatic carbocycles. The second-order valence-electron chi connectivity index (χ2n) is 6.50. The van der Waals surface area contributed by atoms with Crippen LogP contribution >= 0.6 is 11.8 Å². The number of benzene rings is 2. The third-order valence-corrected chi connectivity index (χ3v) is 5.60. The smallest absolute Gasteiger partial charge is 0.237 e. The minimum absolute atomic E-state index is 0.0692. The van der Waals surface area contributed by atoms with Gasteiger partial charge in [-0.15, -0.1) is 10.2 Å². The van der Waals surface area contributed by atoms with Gasteiger partial charge in [-0.1, -0.05) is 60.3 Å². The van der Waals surface area contributed by atoms with E-state index in [-0.39, 0.29) is 11.7 Å². The van der Waals surface area contributed by atoms with Gasteiger partial charge < -0.3 is 10.7 Å². The average molecular weight is 379 g/mol. The van der Waals surface area contributed by atoms with Gasteiger partial charge in [-0.3, -0.25) is 4.79 Å². The normalized spacial score (nSPS) is 13.4. The number of carbonyl (C=O) groups excluding carboxylic acids is 1. The predicted octanol–water partition coefficient (Wildman–Crippen LogP) is 2.65. The van der Waals surface area contributed by atoms with Crippen LogP contribution in [0.2, 0.25) is 0 Å². The minimum Gasteiger partial charge on any atom is -0.336 e. The number of nitrogens with two attached hydrogens (primary N) is 1. The van der Waals surface area contributed by atoms with Crippen molar-refractivity contribution in [3.05, 3.63) is 71.5 Å². The van der Waals surface area contributed by atoms with E-state index < -0.39 is 0 Å². The van der Waals surface area contributed by atoms with Gasteiger partial charge >= 0.3 is 0 Å². The van der Waals surface area contributed by atoms with Gasteiger partial charge in [0.25, 0.3) is 0 Å². The minimum atomic E-state index is 0.0692. The Labute approximate surface area is 162 Å². The van der Waals surface area contributed by atoms with Crippen LogP contribution in [-0.2, 0) is 17.6 Å². The lowest BCUT2D eigenvalue weighted by Crippen LogP contribution is -2.36. The van der Waals surface area contributed by atoms with Crippen molar-refractivity contribution in [1.82, 2.24) is 14.9 Å². The van der Waals surface area contributed by atoms with Crippen LogP contribution in [0, 0.1) is 0 Å². The van der Waals surface area contributed by atoms with Crippen molar-refractivity contribution in [3.63, 3.8) is 0 Å². The molecular weight excluding hydrogens is 358 g/mol. The van der Waals surface area contributed by atoms with Gasteiger partial charge in [0.05, 0.1) is 5.75 Å². The van der Waals surface area contributed by atoms with Crippen molar-refractivity contribution in [1.29, 1.82) is 0 Å². The highest BCUT2D eigenvalue weighted by molar-refractivity contribution is 7.99. The summed E-state index contributed by atoms with van der Waals surface area (Å²) in [5.41, 5.74) is 3.37. The first kappa shape index (κ1) is 17.6. The number of amides is 1. The van der Waals surface area contributed by atoms with Crippen LogP contribution in [-0.4, -0.2) is 33.1 Å². The quantitative estimate of drug-likeness (QED) is 0.545. The van der Waals surface area contributed by atoms with Crippen LogP contribution in [0.15, 0.2) is 59.8 Å². The van der Waals surface area contributed by atoms with E-state index in [0.29, 0.717) is 17.4 Å². The van der Waals surface area contributed by atoms with Crippen LogP contribution < -0.4 is 10.7 Å². The van der Waals surface area contributed by atoms with Crippen LogP contribution in [0.4, 0.5) is 5.69 Å². The van der Waals surface area contributed by atoms with E-state index in [1.54, 1.807) is 0 Å². The van der Waals surface area contributed by atoms with Gasteiger partial charge in [-0.2, -0.15) is 0 Å². The lowest BCUT2D eigenvalue weighted by atomic mass is 10.0. The molecule has 1 aromatic heterocycles. The lowest BCUT2D eigenvalue weighted by Gasteiger charge is -2.29. The summed E-state index contributed by atoms with van der Waals surface area (Å²) in [5.74, 6) is 7.17. The van der Waals surface area contributed by atoms with Gasteiger partial charge in [-0.25, -0.2) is 4.68 Å². The first-order valence-corrected chi connectivity index (χ1v) is 9.95. The number of nitrogen functional groups attached to an aromatic ring is 1. The molecule has 0 aliphatic carbocycles. The number of aryl methyl sites for hydroxylation is 1. The zero-order valence-electron chi connectivity index (χ0n) is 14.9. The number of rotatable bonds is 5. The molecule has 27 heavy (non-hydrogen) atoms. The summed E-state index contributed by atoms with van der Waals surface area (Å²) in [4.78, 5) is 14.6. The molecule has 0 fully saturated rings. The summed E-state index contributed by atoms with van der Waals surface area (Å²) in [6.07, 6.45) is 2.62. The standard InChI is InChI=1S/C20H21N5OS/c21-25-18(13-15-7-2-1-3-8-15)22-23-20(25)27-14-19(26)24-12-6-10-16-9-4-5-11-17(16)24/h1-5,7-9,11H,6,10,12-14,21H2. The number of hydrogen-bond acceptors (Lipinski definition) is 5. The zero-order chi connectivity index (χ0) is 18.6. The fourth-order valence-electron chi connectivity index (χ4n) is 3.30. The second-order valence-corrected chi connectivity index (χ2v) is 7.44. The van der Waals surface area contributed by atoms with Crippen molar-refractivity contribution in [2.75, 3.05) is 23.0 Å². The van der Waals surface area contributed by atoms with Gasteiger partial charge in [0.15, 0.2) is 5.82 Å². The summed E-state index contributed by atoms with van der Waals surface area (Å²) >= 11 is 1.33. The molecule has 3 aromatic rings. The SMILES string of the molecule is Nn1c(Cc2ccccc2)nnc1SCC(=O)N1CCCc2ccccc21. The van der Waals surface area contributed by atoms with Crippen molar-refractivity contribution in [2.45, 2.75) is 24.4 Å². The Morgan fingerprint density at radius 2 is 1.85 bits per heavy atom. The summed E-state index contributed by atoms with van der Waals surface area (Å²) < 4.78 is 1.48. The molecule has 2 heterocycles. The molecule has 0 saturated heterocycles. The fraction of sp³-hybridized carbons (Fsp3) is 0.250. The third-order valence-electron chi connectivity index (χ3n) is 4.68. The maximum Gasteiger partial charge on any atom is 0.237 e. The third kappa shape index (κ3) is 3.83. The van der Waals surface area contributed by atoms with Gasteiger partial charge in [-0.05, 0) is 30.0 Å². The Morgan fingerprint density at radius 1 is 1.07 bits per heavy atom. The Morgan fingerprint density at radius 3 is 2.70 bits per heavy atom. The van der Waals surface area contributed by atoms with E-state index >= 15 is 0 Å². The van der Waals surface area contributed by atoms with Crippen molar-refractivity contribution < 1.29 is 4.79 Å². The van der Waals surface area contributed by atoms with E-state index in [2.05, 4.69) is 16.3 Å². The van der Waals surface area contributed by atoms with Gasteiger partial charge in [0.2, 0.25) is 11.1 Å². The molecule has 2 N–H and O–H groups in total. The highest BCUT2D eigenvalue weighted by atomic mass is 32.2. The van der Waals surface area contributed by atoms with Crippen molar-refractivity contribution in [3.8, 4) is 0 Å². The molecular formula is C20H21N5OS. The maximum absolute atomic E-state index is 12.8. The number of nitrogens with zero attached hydrogens (tertiary/aromatic N) is 4. The van der Waals surface area contributed by atoms with E-state index in [4.69, 9.17) is 5.84 Å². The number of fused-ring (bicyclic) bond motifs is 1. The molecule has 1 aliphatic rings. The molecule has 6 nitrogen and oxygen atoms in total. The Kier molecular flexibility index (Phi) is 5.11. The maximum atomic E-state index is 12.8. The molecule has 0 saturated carbocycles. The van der Waals surface area contributed by atoms with E-state index in [9.17, 15) is 4.79 Å². The molecule has 0 unspecified atom stereocenters. The Hall–Kier alpha value is -2.80. The summed E-state index contributed by atoms with van der Waals surface area (Å²) in [7, 11) is 0. The number of carbonyl (C=O) groups is 1. The molecule has 1 amide bonds. The largest absolute Gasteiger partial charge is 0.336 e. The Balaban J connectivity index is 1.42. The predicted molar refractivity (Wildman–Crippen MR) is 107 cm³/mol. The van der Waals surface area contributed by atoms with Crippen LogP contribution in [0.5, 0.6) is 0 Å². The molecule has 0 spiro atoms. The van der Waals surface area contributed by atoms with E-state index in [0.717, 1.165) is 30.6 Å². The van der Waals surface area contributed by atoms with E-state index in [1.807, 2.05) is 53.4 Å². The lowest BCUT2D eigenvalue weighted by molar-refractivity contribution is -0.116. The monoisotopic (exact) mass is 379 g/mol. The van der Waals surface area contributed by atoms with Crippen LogP contribution in [0.3, 0.4) is 0 Å². The summed E-state index contributed by atoms with van der Waals surface area (Å²) in [5, 5.41) is 8.89. The molecule has 0 radical (unpaired) electrons. The van der Waals surface area contributed by atoms with Crippen LogP contribution in [0.25, 0.3) is 0 Å². The first-order valence-electron chi connectivity index (χ1n) is 8.97. The highest BCUT2D eigenvalue weighted by Crippen LogP contribution is 2.28. The van der Waals surface area contributed by atoms with Gasteiger partial charge in [0.1, 0.15) is 0 Å². The zero-order valence-corrected chi connectivity index (χ0v) is 15.7. The van der Waals surface area contributed by atoms with Crippen molar-refractivity contribution >= 4 is 23.4 Å². The fourth-order valence-corrected chi connectivity index (χ4v) is 4.05. The molecule has 7 heteroatoms. The number of aromatic nitrogens is 3. The number of anilines is 1. The van der Waals surface area contributed by atoms with Gasteiger partial charge in [0, 0.05) is 18.7 Å². The molecule has 4 rings (SSSR count). The number of hydrogen-bond donors (Lipinski definition) is 1. The Bertz CT molecular complexity index is 941. The molecule has 138 valence electrons. The number of thioether (sulfide) groups is 1. The summed E-state index contributed by atoms with van der Waals surface area (Å²) in [6.45, 7) is 0.755. The van der Waals surface area contributed by atoms with Crippen molar-refractivity contribution in [2.24, 2.45) is 0 Å². The molecule has 0 bridgehead atoms. The first-order chi connectivity index (χ1) is 13.2. The second kappa shape index (κ2) is 7.84. The molecule has 0 atom stereocenters. The topological polar surface area (TPSA) is 77.0 Å². The molecule has 1 aliphatic heterocycles. The van der Waals surface area contributed by atoms with Crippen LogP contribution in [0.1, 0.15) is 23.4 Å². The highest BCUT2D eigenvalue weighted by Gasteiger charge is 2.23. The van der Waals surface area contributed by atoms with E-state index in [1.165, 1.54) is 22.0 Å². The average Bonchev–Trinajstić information content (AvgIpc) is 3.06. The summed E-state index contributed by atoms with van der Waals surface area (Å²) in [6, 6.07) is 18.1. The number of para-hydroxylation sites is 1.